The zero-order chi connectivity index (χ0) is 11.7. The van der Waals surface area contributed by atoms with Crippen LogP contribution in [-0.4, -0.2) is 21.2 Å². The largest absolute Gasteiger partial charge is 0.475 e. The van der Waals surface area contributed by atoms with E-state index in [1.807, 2.05) is 0 Å². The number of nitrogens with zero attached hydrogens (tertiary/aromatic N) is 2. The molecule has 0 radical (unpaired) electrons. The average Bonchev–Trinajstić information content (AvgIpc) is 2.71. The van der Waals surface area contributed by atoms with Crippen molar-refractivity contribution in [2.24, 2.45) is 0 Å². The first-order valence-corrected chi connectivity index (χ1v) is 4.21. The summed E-state index contributed by atoms with van der Waals surface area (Å²) in [7, 11) is 0. The normalized spacial score (nSPS) is 10.3. The molecule has 0 aliphatic rings. The van der Waals surface area contributed by atoms with Gasteiger partial charge in [0.25, 0.3) is 11.7 Å². The van der Waals surface area contributed by atoms with E-state index >= 15 is 0 Å². The van der Waals surface area contributed by atoms with E-state index < -0.39 is 17.6 Å². The van der Waals surface area contributed by atoms with E-state index in [0.717, 1.165) is 0 Å². The first kappa shape index (κ1) is 10.1. The molecule has 0 saturated carbocycles. The lowest BCUT2D eigenvalue weighted by atomic mass is 10.2. The van der Waals surface area contributed by atoms with Gasteiger partial charge in [-0.25, -0.2) is 9.18 Å². The van der Waals surface area contributed by atoms with Crippen molar-refractivity contribution in [3.8, 4) is 11.5 Å². The number of carbonyl (C=O) groups is 1. The van der Waals surface area contributed by atoms with Crippen molar-refractivity contribution in [2.75, 3.05) is 5.73 Å². The summed E-state index contributed by atoms with van der Waals surface area (Å²) in [5.41, 5.74) is 5.45. The SMILES string of the molecule is Nc1c(F)cccc1-c1nc(C(=O)O)no1. The molecule has 0 amide bonds. The van der Waals surface area contributed by atoms with E-state index in [0.29, 0.717) is 0 Å². The summed E-state index contributed by atoms with van der Waals surface area (Å²) in [5.74, 6) is -2.59. The molecular formula is C9H6FN3O3. The minimum Gasteiger partial charge on any atom is -0.475 e. The predicted molar refractivity (Wildman–Crippen MR) is 51.1 cm³/mol. The second-order valence-electron chi connectivity index (χ2n) is 2.93. The third-order valence-corrected chi connectivity index (χ3v) is 1.90. The Balaban J connectivity index is 2.50. The van der Waals surface area contributed by atoms with Gasteiger partial charge in [0, 0.05) is 0 Å². The lowest BCUT2D eigenvalue weighted by Gasteiger charge is -2.00. The predicted octanol–water partition coefficient (Wildman–Crippen LogP) is 1.16. The van der Waals surface area contributed by atoms with Crippen LogP contribution in [0.15, 0.2) is 22.7 Å². The lowest BCUT2D eigenvalue weighted by Crippen LogP contribution is -1.99. The monoisotopic (exact) mass is 223 g/mol. The number of nitrogen functional groups attached to an aromatic ring is 1. The maximum atomic E-state index is 13.1. The fraction of sp³-hybridized carbons (Fsp3) is 0. The van der Waals surface area contributed by atoms with Gasteiger partial charge in [-0.05, 0) is 17.3 Å². The van der Waals surface area contributed by atoms with Gasteiger partial charge in [-0.1, -0.05) is 6.07 Å². The molecule has 0 fully saturated rings. The number of hydrogen-bond acceptors (Lipinski definition) is 5. The van der Waals surface area contributed by atoms with Crippen molar-refractivity contribution < 1.29 is 18.8 Å². The number of rotatable bonds is 2. The summed E-state index contributed by atoms with van der Waals surface area (Å²) in [4.78, 5) is 14.1. The van der Waals surface area contributed by atoms with Crippen molar-refractivity contribution in [1.82, 2.24) is 10.1 Å². The molecule has 0 saturated heterocycles. The van der Waals surface area contributed by atoms with Gasteiger partial charge < -0.3 is 15.4 Å². The van der Waals surface area contributed by atoms with Crippen molar-refractivity contribution in [3.05, 3.63) is 29.8 Å². The number of para-hydroxylation sites is 1. The van der Waals surface area contributed by atoms with Crippen LogP contribution in [0.5, 0.6) is 0 Å². The van der Waals surface area contributed by atoms with Gasteiger partial charge >= 0.3 is 5.97 Å². The highest BCUT2D eigenvalue weighted by molar-refractivity contribution is 5.83. The molecule has 0 bridgehead atoms. The first-order chi connectivity index (χ1) is 7.59. The highest BCUT2D eigenvalue weighted by Crippen LogP contribution is 2.26. The summed E-state index contributed by atoms with van der Waals surface area (Å²) in [6.45, 7) is 0. The van der Waals surface area contributed by atoms with E-state index in [-0.39, 0.29) is 17.1 Å². The van der Waals surface area contributed by atoms with E-state index in [9.17, 15) is 9.18 Å². The molecule has 2 aromatic rings. The van der Waals surface area contributed by atoms with Crippen molar-refractivity contribution in [3.63, 3.8) is 0 Å². The number of anilines is 1. The Labute approximate surface area is 88.5 Å². The van der Waals surface area contributed by atoms with Crippen LogP contribution in [0.1, 0.15) is 10.6 Å². The number of hydrogen-bond donors (Lipinski definition) is 2. The smallest absolute Gasteiger partial charge is 0.377 e. The Bertz CT molecular complexity index is 553. The van der Waals surface area contributed by atoms with Crippen molar-refractivity contribution >= 4 is 11.7 Å². The molecule has 0 unspecified atom stereocenters. The van der Waals surface area contributed by atoms with Gasteiger partial charge in [0.05, 0.1) is 11.3 Å². The van der Waals surface area contributed by atoms with Crippen LogP contribution < -0.4 is 5.73 Å². The minimum atomic E-state index is -1.33. The number of nitrogens with two attached hydrogens (primary N) is 1. The molecule has 1 heterocycles. The third kappa shape index (κ3) is 1.58. The zero-order valence-corrected chi connectivity index (χ0v) is 7.85. The highest BCUT2D eigenvalue weighted by atomic mass is 19.1. The van der Waals surface area contributed by atoms with E-state index in [4.69, 9.17) is 10.8 Å². The van der Waals surface area contributed by atoms with Crippen molar-refractivity contribution in [2.45, 2.75) is 0 Å². The van der Waals surface area contributed by atoms with Crippen LogP contribution in [0.3, 0.4) is 0 Å². The third-order valence-electron chi connectivity index (χ3n) is 1.90. The van der Waals surface area contributed by atoms with E-state index in [1.165, 1.54) is 18.2 Å². The lowest BCUT2D eigenvalue weighted by molar-refractivity contribution is 0.0680. The number of carboxylic acids is 1. The Hall–Kier alpha value is -2.44. The maximum Gasteiger partial charge on any atom is 0.377 e. The van der Waals surface area contributed by atoms with E-state index in [2.05, 4.69) is 14.7 Å². The standard InChI is InChI=1S/C9H6FN3O3/c10-5-3-1-2-4(6(5)11)8-12-7(9(14)15)13-16-8/h1-3H,11H2,(H,14,15). The number of benzene rings is 1. The fourth-order valence-corrected chi connectivity index (χ4v) is 1.14. The number of aromatic nitrogens is 2. The van der Waals surface area contributed by atoms with Crippen LogP contribution >= 0.6 is 0 Å². The van der Waals surface area contributed by atoms with Crippen LogP contribution in [0.2, 0.25) is 0 Å². The number of halogens is 1. The van der Waals surface area contributed by atoms with Gasteiger partial charge in [0.15, 0.2) is 0 Å². The topological polar surface area (TPSA) is 102 Å². The number of carboxylic acid groups (broad SMARTS) is 1. The molecule has 0 aliphatic heterocycles. The first-order valence-electron chi connectivity index (χ1n) is 4.21. The second kappa shape index (κ2) is 3.61. The Morgan fingerprint density at radius 2 is 2.25 bits per heavy atom. The van der Waals surface area contributed by atoms with Gasteiger partial charge in [0.1, 0.15) is 5.82 Å². The summed E-state index contributed by atoms with van der Waals surface area (Å²) >= 11 is 0. The van der Waals surface area contributed by atoms with E-state index in [1.54, 1.807) is 0 Å². The summed E-state index contributed by atoms with van der Waals surface area (Å²) in [6.07, 6.45) is 0. The molecule has 6 nitrogen and oxygen atoms in total. The molecule has 0 aliphatic carbocycles. The van der Waals surface area contributed by atoms with Gasteiger partial charge in [-0.15, -0.1) is 0 Å². The van der Waals surface area contributed by atoms with Crippen LogP contribution in [0, 0.1) is 5.82 Å². The molecule has 2 rings (SSSR count). The molecule has 16 heavy (non-hydrogen) atoms. The fourth-order valence-electron chi connectivity index (χ4n) is 1.14. The highest BCUT2D eigenvalue weighted by Gasteiger charge is 2.17. The van der Waals surface area contributed by atoms with Crippen LogP contribution in [0.4, 0.5) is 10.1 Å². The minimum absolute atomic E-state index is 0.130. The quantitative estimate of drug-likeness (QED) is 0.740. The molecule has 0 atom stereocenters. The number of aromatic carboxylic acids is 1. The summed E-state index contributed by atoms with van der Waals surface area (Å²) in [5, 5.41) is 11.8. The van der Waals surface area contributed by atoms with Crippen molar-refractivity contribution in [1.29, 1.82) is 0 Å². The maximum absolute atomic E-state index is 13.1. The average molecular weight is 223 g/mol. The summed E-state index contributed by atoms with van der Waals surface area (Å²) < 4.78 is 17.8. The Morgan fingerprint density at radius 3 is 2.88 bits per heavy atom. The molecule has 82 valence electrons. The second-order valence-corrected chi connectivity index (χ2v) is 2.93. The van der Waals surface area contributed by atoms with Gasteiger partial charge in [0.2, 0.25) is 0 Å². The molecule has 1 aromatic heterocycles. The molecule has 7 heteroatoms. The molecule has 1 aromatic carbocycles. The zero-order valence-electron chi connectivity index (χ0n) is 7.85. The van der Waals surface area contributed by atoms with Crippen LogP contribution in [-0.2, 0) is 0 Å². The Kier molecular flexibility index (Phi) is 2.28. The molecular weight excluding hydrogens is 217 g/mol. The Morgan fingerprint density at radius 1 is 1.50 bits per heavy atom. The molecule has 3 N–H and O–H groups in total. The van der Waals surface area contributed by atoms with Gasteiger partial charge in [-0.2, -0.15) is 4.98 Å². The van der Waals surface area contributed by atoms with Gasteiger partial charge in [-0.3, -0.25) is 0 Å². The van der Waals surface area contributed by atoms with Crippen LogP contribution in [0.25, 0.3) is 11.5 Å². The summed E-state index contributed by atoms with van der Waals surface area (Å²) in [6, 6.07) is 4.04. The molecule has 0 spiro atoms.